The van der Waals surface area contributed by atoms with Gasteiger partial charge in [0.15, 0.2) is 5.82 Å². The number of anilines is 2. The van der Waals surface area contributed by atoms with Crippen LogP contribution >= 0.6 is 0 Å². The van der Waals surface area contributed by atoms with Gasteiger partial charge >= 0.3 is 0 Å². The number of rotatable bonds is 4. The summed E-state index contributed by atoms with van der Waals surface area (Å²) in [6.45, 7) is 1.82. The van der Waals surface area contributed by atoms with Crippen molar-refractivity contribution in [3.63, 3.8) is 0 Å². The van der Waals surface area contributed by atoms with Gasteiger partial charge in [0.25, 0.3) is 5.88 Å². The molecule has 0 bridgehead atoms. The van der Waals surface area contributed by atoms with E-state index in [4.69, 9.17) is 18.9 Å². The molecule has 0 saturated heterocycles. The van der Waals surface area contributed by atoms with Crippen molar-refractivity contribution in [2.24, 2.45) is 0 Å². The molecule has 4 N–H and O–H groups in total. The minimum absolute atomic E-state index is 0.0130. The number of nitrogen functional groups attached to an aromatic ring is 2. The van der Waals surface area contributed by atoms with Gasteiger partial charge in [-0.2, -0.15) is 0 Å². The van der Waals surface area contributed by atoms with Crippen LogP contribution in [0.1, 0.15) is 25.0 Å². The van der Waals surface area contributed by atoms with Crippen LogP contribution in [-0.2, 0) is 19.5 Å². The van der Waals surface area contributed by atoms with E-state index in [1.54, 1.807) is 6.20 Å². The number of benzene rings is 1. The Bertz CT molecular complexity index is 1100. The molecule has 0 aliphatic carbocycles. The summed E-state index contributed by atoms with van der Waals surface area (Å²) in [7, 11) is 2.11. The Hall–Kier alpha value is -3.19. The van der Waals surface area contributed by atoms with Gasteiger partial charge in [0.1, 0.15) is 12.4 Å². The van der Waals surface area contributed by atoms with E-state index in [1.807, 2.05) is 0 Å². The SMILES string of the molecule is [2H]C([2H])(Oc1nc(-c2cc(C)c3c(c2)CN(C)CC3)cnc1N)c1ccnc(N)c1. The van der Waals surface area contributed by atoms with Crippen LogP contribution in [0, 0.1) is 6.92 Å². The van der Waals surface area contributed by atoms with Crippen LogP contribution in [0.15, 0.2) is 36.7 Å². The first kappa shape index (κ1) is 15.8. The van der Waals surface area contributed by atoms with E-state index in [0.717, 1.165) is 25.1 Å². The number of pyridine rings is 1. The lowest BCUT2D eigenvalue weighted by atomic mass is 9.92. The lowest BCUT2D eigenvalue weighted by molar-refractivity contribution is 0.295. The summed E-state index contributed by atoms with van der Waals surface area (Å²) < 4.78 is 22.1. The van der Waals surface area contributed by atoms with E-state index < -0.39 is 6.56 Å². The highest BCUT2D eigenvalue weighted by Crippen LogP contribution is 2.29. The second-order valence-corrected chi connectivity index (χ2v) is 7.04. The van der Waals surface area contributed by atoms with E-state index >= 15 is 0 Å². The zero-order valence-corrected chi connectivity index (χ0v) is 15.9. The Morgan fingerprint density at radius 3 is 2.93 bits per heavy atom. The molecule has 0 spiro atoms. The number of likely N-dealkylation sites (N-methyl/N-ethyl adjacent to an activating group) is 1. The number of hydrogen-bond donors (Lipinski definition) is 2. The van der Waals surface area contributed by atoms with E-state index in [1.165, 1.54) is 35.0 Å². The van der Waals surface area contributed by atoms with Gasteiger partial charge in [-0.05, 0) is 66.9 Å². The van der Waals surface area contributed by atoms with Gasteiger partial charge in [-0.3, -0.25) is 0 Å². The summed E-state index contributed by atoms with van der Waals surface area (Å²) >= 11 is 0. The van der Waals surface area contributed by atoms with E-state index in [-0.39, 0.29) is 23.1 Å². The van der Waals surface area contributed by atoms with Gasteiger partial charge in [0.05, 0.1) is 14.6 Å². The molecule has 0 saturated carbocycles. The third-order valence-electron chi connectivity index (χ3n) is 4.86. The first-order valence-corrected chi connectivity index (χ1v) is 9.08. The Kier molecular flexibility index (Phi) is 4.20. The minimum Gasteiger partial charge on any atom is -0.470 e. The van der Waals surface area contributed by atoms with Crippen molar-refractivity contribution in [1.82, 2.24) is 19.9 Å². The molecule has 3 heterocycles. The maximum Gasteiger partial charge on any atom is 0.258 e. The highest BCUT2D eigenvalue weighted by molar-refractivity contribution is 5.64. The highest BCUT2D eigenvalue weighted by Gasteiger charge is 2.17. The monoisotopic (exact) mass is 378 g/mol. The van der Waals surface area contributed by atoms with Crippen molar-refractivity contribution >= 4 is 11.6 Å². The molecule has 0 unspecified atom stereocenters. The average Bonchev–Trinajstić information content (AvgIpc) is 2.69. The number of aryl methyl sites for hydroxylation is 1. The molecular formula is C21H24N6O. The summed E-state index contributed by atoms with van der Waals surface area (Å²) in [6, 6.07) is 7.09. The van der Waals surface area contributed by atoms with Crippen LogP contribution in [0.4, 0.5) is 11.6 Å². The van der Waals surface area contributed by atoms with Gasteiger partial charge in [-0.1, -0.05) is 0 Å². The minimum atomic E-state index is -2.20. The summed E-state index contributed by atoms with van der Waals surface area (Å²) in [5.41, 5.74) is 17.1. The molecule has 3 aromatic rings. The van der Waals surface area contributed by atoms with Crippen LogP contribution in [0.3, 0.4) is 0 Å². The zero-order chi connectivity index (χ0) is 21.5. The predicted octanol–water partition coefficient (Wildman–Crippen LogP) is 2.58. The fourth-order valence-electron chi connectivity index (χ4n) is 3.42. The molecular weight excluding hydrogens is 352 g/mol. The van der Waals surface area contributed by atoms with Crippen molar-refractivity contribution in [2.45, 2.75) is 26.4 Å². The molecule has 144 valence electrons. The Morgan fingerprint density at radius 2 is 2.11 bits per heavy atom. The number of ether oxygens (including phenoxy) is 1. The Balaban J connectivity index is 1.69. The molecule has 0 amide bonds. The van der Waals surface area contributed by atoms with Crippen molar-refractivity contribution in [2.75, 3.05) is 25.1 Å². The van der Waals surface area contributed by atoms with Crippen LogP contribution in [0.5, 0.6) is 5.88 Å². The largest absolute Gasteiger partial charge is 0.470 e. The maximum atomic E-state index is 8.29. The van der Waals surface area contributed by atoms with E-state index in [9.17, 15) is 0 Å². The summed E-state index contributed by atoms with van der Waals surface area (Å²) in [5.74, 6) is 0.140. The summed E-state index contributed by atoms with van der Waals surface area (Å²) in [6.07, 6.45) is 4.02. The van der Waals surface area contributed by atoms with E-state index in [0.29, 0.717) is 5.69 Å². The van der Waals surface area contributed by atoms with E-state index in [2.05, 4.69) is 46.0 Å². The lowest BCUT2D eigenvalue weighted by Gasteiger charge is -2.27. The summed E-state index contributed by atoms with van der Waals surface area (Å²) in [5, 5.41) is 0. The number of nitrogens with zero attached hydrogens (tertiary/aromatic N) is 4. The fourth-order valence-corrected chi connectivity index (χ4v) is 3.42. The van der Waals surface area contributed by atoms with Crippen molar-refractivity contribution in [3.8, 4) is 17.1 Å². The van der Waals surface area contributed by atoms with Gasteiger partial charge in [0, 0.05) is 24.8 Å². The van der Waals surface area contributed by atoms with Gasteiger partial charge < -0.3 is 21.1 Å². The molecule has 0 atom stereocenters. The highest BCUT2D eigenvalue weighted by atomic mass is 16.5. The average molecular weight is 378 g/mol. The molecule has 28 heavy (non-hydrogen) atoms. The van der Waals surface area contributed by atoms with Crippen LogP contribution in [-0.4, -0.2) is 33.4 Å². The smallest absolute Gasteiger partial charge is 0.258 e. The maximum absolute atomic E-state index is 8.29. The molecule has 7 heteroatoms. The molecule has 4 rings (SSSR count). The standard InChI is InChI=1S/C21H24N6O/c1-13-7-15(9-16-11-27(2)6-4-17(13)16)18-10-25-20(23)21(26-18)28-12-14-3-5-24-19(22)8-14/h3,5,7-10H,4,6,11-12H2,1-2H3,(H2,22,24)(H2,23,25)/i12D2. The second-order valence-electron chi connectivity index (χ2n) is 7.04. The molecule has 0 radical (unpaired) electrons. The van der Waals surface area contributed by atoms with Gasteiger partial charge in [0.2, 0.25) is 0 Å². The predicted molar refractivity (Wildman–Crippen MR) is 110 cm³/mol. The number of fused-ring (bicyclic) bond motifs is 1. The molecule has 1 aliphatic heterocycles. The van der Waals surface area contributed by atoms with Crippen LogP contribution in [0.25, 0.3) is 11.3 Å². The lowest BCUT2D eigenvalue weighted by Crippen LogP contribution is -2.27. The number of hydrogen-bond acceptors (Lipinski definition) is 7. The molecule has 0 fully saturated rings. The van der Waals surface area contributed by atoms with Gasteiger partial charge in [-0.15, -0.1) is 0 Å². The van der Waals surface area contributed by atoms with Crippen molar-refractivity contribution < 1.29 is 7.48 Å². The molecule has 7 nitrogen and oxygen atoms in total. The summed E-state index contributed by atoms with van der Waals surface area (Å²) in [4.78, 5) is 14.8. The Labute approximate surface area is 167 Å². The zero-order valence-electron chi connectivity index (χ0n) is 17.9. The first-order valence-electron chi connectivity index (χ1n) is 10.1. The first-order chi connectivity index (χ1) is 14.2. The van der Waals surface area contributed by atoms with Crippen molar-refractivity contribution in [3.05, 3.63) is 58.9 Å². The third-order valence-corrected chi connectivity index (χ3v) is 4.86. The Morgan fingerprint density at radius 1 is 1.25 bits per heavy atom. The molecule has 2 aromatic heterocycles. The number of nitrogens with two attached hydrogens (primary N) is 2. The quantitative estimate of drug-likeness (QED) is 0.719. The van der Waals surface area contributed by atoms with Crippen LogP contribution in [0.2, 0.25) is 0 Å². The molecule has 1 aromatic carbocycles. The molecule has 1 aliphatic rings. The third kappa shape index (κ3) is 3.75. The topological polar surface area (TPSA) is 103 Å². The second kappa shape index (κ2) is 7.44. The normalized spacial score (nSPS) is 15.5. The van der Waals surface area contributed by atoms with Gasteiger partial charge in [-0.25, -0.2) is 15.0 Å². The van der Waals surface area contributed by atoms with Crippen molar-refractivity contribution in [1.29, 1.82) is 0 Å². The number of aromatic nitrogens is 3. The fraction of sp³-hybridized carbons (Fsp3) is 0.286. The van der Waals surface area contributed by atoms with Crippen LogP contribution < -0.4 is 16.2 Å².